The first-order valence-electron chi connectivity index (χ1n) is 10.6. The summed E-state index contributed by atoms with van der Waals surface area (Å²) in [6.07, 6.45) is 5.14. The molecule has 0 heterocycles. The molecule has 0 N–H and O–H groups in total. The highest BCUT2D eigenvalue weighted by Crippen LogP contribution is 2.16. The number of benzene rings is 3. The van der Waals surface area contributed by atoms with E-state index in [2.05, 4.69) is 91.0 Å². The van der Waals surface area contributed by atoms with Crippen molar-refractivity contribution in [3.05, 3.63) is 96.6 Å². The van der Waals surface area contributed by atoms with Crippen molar-refractivity contribution in [1.29, 1.82) is 0 Å². The Hall–Kier alpha value is -1.95. The Morgan fingerprint density at radius 2 is 1.21 bits per heavy atom. The van der Waals surface area contributed by atoms with Gasteiger partial charge in [-0.2, -0.15) is 0 Å². The molecule has 0 aliphatic carbocycles. The predicted octanol–water partition coefficient (Wildman–Crippen LogP) is 3.50. The summed E-state index contributed by atoms with van der Waals surface area (Å²) in [5.74, 6) is 0. The van der Waals surface area contributed by atoms with Crippen LogP contribution in [0.15, 0.2) is 91.0 Å². The van der Waals surface area contributed by atoms with E-state index in [0.29, 0.717) is 0 Å². The minimum Gasteiger partial charge on any atom is -0.377 e. The summed E-state index contributed by atoms with van der Waals surface area (Å²) in [5.41, 5.74) is 1.27. The first kappa shape index (κ1) is 20.8. The van der Waals surface area contributed by atoms with Gasteiger partial charge in [-0.25, -0.2) is 0 Å². The molecule has 0 aliphatic heterocycles. The average Bonchev–Trinajstić information content (AvgIpc) is 2.75. The summed E-state index contributed by atoms with van der Waals surface area (Å²) >= 11 is 0. The van der Waals surface area contributed by atoms with Crippen LogP contribution in [0.1, 0.15) is 31.2 Å². The van der Waals surface area contributed by atoms with Crippen molar-refractivity contribution >= 4 is 29.4 Å². The van der Waals surface area contributed by atoms with Crippen LogP contribution in [0.4, 0.5) is 0 Å². The zero-order chi connectivity index (χ0) is 19.4. The van der Waals surface area contributed by atoms with Gasteiger partial charge in [0.15, 0.2) is 0 Å². The van der Waals surface area contributed by atoms with E-state index in [1.54, 1.807) is 10.4 Å². The lowest BCUT2D eigenvalue weighted by atomic mass is 10.2. The smallest absolute Gasteiger partial charge is 0.102 e. The SMILES string of the molecule is [SiH3][C@@H](CCCCCOCc1ccccc1)[SiH](c1ccccc1)c1ccccc1. The van der Waals surface area contributed by atoms with E-state index in [9.17, 15) is 0 Å². The molecule has 0 bridgehead atoms. The van der Waals surface area contributed by atoms with Gasteiger partial charge in [0.05, 0.1) is 6.61 Å². The molecule has 0 fully saturated rings. The summed E-state index contributed by atoms with van der Waals surface area (Å²) in [6, 6.07) is 33.0. The van der Waals surface area contributed by atoms with Crippen LogP contribution >= 0.6 is 0 Å². The highest BCUT2D eigenvalue weighted by atomic mass is 28.3. The molecule has 28 heavy (non-hydrogen) atoms. The molecule has 1 nitrogen and oxygen atoms in total. The van der Waals surface area contributed by atoms with Crippen LogP contribution in [0.3, 0.4) is 0 Å². The van der Waals surface area contributed by atoms with Crippen molar-refractivity contribution in [3.63, 3.8) is 0 Å². The summed E-state index contributed by atoms with van der Waals surface area (Å²) in [6.45, 7) is 1.61. The minimum atomic E-state index is -1.12. The first-order valence-corrected chi connectivity index (χ1v) is 13.5. The molecule has 0 aromatic heterocycles. The fourth-order valence-corrected chi connectivity index (χ4v) is 10.2. The second-order valence-corrected chi connectivity index (χ2v) is 13.9. The molecule has 3 rings (SSSR count). The van der Waals surface area contributed by atoms with Crippen molar-refractivity contribution in [2.45, 2.75) is 37.5 Å². The third-order valence-electron chi connectivity index (χ3n) is 5.45. The molecule has 0 aliphatic rings. The number of unbranched alkanes of at least 4 members (excludes halogenated alkanes) is 2. The fraction of sp³-hybridized carbons (Fsp3) is 0.280. The Kier molecular flexibility index (Phi) is 8.75. The predicted molar refractivity (Wildman–Crippen MR) is 128 cm³/mol. The number of rotatable bonds is 11. The maximum Gasteiger partial charge on any atom is 0.102 e. The Labute approximate surface area is 174 Å². The van der Waals surface area contributed by atoms with Crippen LogP contribution in [0.25, 0.3) is 0 Å². The van der Waals surface area contributed by atoms with E-state index in [-0.39, 0.29) is 0 Å². The van der Waals surface area contributed by atoms with E-state index in [4.69, 9.17) is 4.74 Å². The normalized spacial score (nSPS) is 12.3. The second kappa shape index (κ2) is 11.8. The van der Waals surface area contributed by atoms with Crippen molar-refractivity contribution < 1.29 is 4.74 Å². The topological polar surface area (TPSA) is 9.23 Å². The van der Waals surface area contributed by atoms with Gasteiger partial charge in [-0.1, -0.05) is 126 Å². The van der Waals surface area contributed by atoms with Gasteiger partial charge in [0.25, 0.3) is 0 Å². The molecule has 1 atom stereocenters. The molecular formula is C25H32OSi2. The molecule has 146 valence electrons. The maximum absolute atomic E-state index is 5.83. The van der Waals surface area contributed by atoms with Crippen LogP contribution in [0, 0.1) is 0 Å². The molecule has 0 saturated carbocycles. The third-order valence-corrected chi connectivity index (χ3v) is 11.7. The first-order chi connectivity index (χ1) is 13.8. The van der Waals surface area contributed by atoms with Gasteiger partial charge in [0.2, 0.25) is 0 Å². The zero-order valence-corrected chi connectivity index (χ0v) is 20.1. The molecule has 0 unspecified atom stereocenters. The van der Waals surface area contributed by atoms with Crippen LogP contribution in [-0.2, 0) is 11.3 Å². The molecular weight excluding hydrogens is 372 g/mol. The highest BCUT2D eigenvalue weighted by molar-refractivity contribution is 6.90. The van der Waals surface area contributed by atoms with Crippen molar-refractivity contribution in [1.82, 2.24) is 0 Å². The Balaban J connectivity index is 1.43. The molecule has 3 aromatic rings. The number of hydrogen-bond donors (Lipinski definition) is 0. The maximum atomic E-state index is 5.83. The van der Waals surface area contributed by atoms with E-state index in [1.165, 1.54) is 41.5 Å². The fourth-order valence-electron chi connectivity index (χ4n) is 3.95. The zero-order valence-electron chi connectivity index (χ0n) is 17.0. The van der Waals surface area contributed by atoms with Gasteiger partial charge in [0, 0.05) is 16.8 Å². The van der Waals surface area contributed by atoms with E-state index in [0.717, 1.165) is 18.4 Å². The van der Waals surface area contributed by atoms with Gasteiger partial charge < -0.3 is 4.74 Å². The molecule has 0 saturated heterocycles. The second-order valence-electron chi connectivity index (χ2n) is 7.66. The summed E-state index contributed by atoms with van der Waals surface area (Å²) in [4.78, 5) is 0. The van der Waals surface area contributed by atoms with E-state index < -0.39 is 8.80 Å². The standard InChI is InChI=1S/C25H32OSi2/c27-25(19-11-4-12-20-26-21-22-13-5-1-6-14-22)28(23-15-7-2-8-16-23)24-17-9-3-10-18-24/h1-3,5-10,13-18,25,28H,4,11-12,19-21H2,27H3/t25-/m1/s1. The number of ether oxygens (including phenoxy) is 1. The Morgan fingerprint density at radius 3 is 1.79 bits per heavy atom. The van der Waals surface area contributed by atoms with Crippen LogP contribution in [0.2, 0.25) is 5.16 Å². The lowest BCUT2D eigenvalue weighted by Gasteiger charge is -2.23. The highest BCUT2D eigenvalue weighted by Gasteiger charge is 2.22. The van der Waals surface area contributed by atoms with Crippen molar-refractivity contribution in [2.24, 2.45) is 0 Å². The van der Waals surface area contributed by atoms with Gasteiger partial charge in [-0.3, -0.25) is 0 Å². The largest absolute Gasteiger partial charge is 0.377 e. The third kappa shape index (κ3) is 6.59. The summed E-state index contributed by atoms with van der Waals surface area (Å²) in [5, 5.41) is 4.09. The molecule has 0 amide bonds. The average molecular weight is 405 g/mol. The lowest BCUT2D eigenvalue weighted by molar-refractivity contribution is 0.117. The Bertz CT molecular complexity index is 738. The number of hydrogen-bond acceptors (Lipinski definition) is 1. The monoisotopic (exact) mass is 404 g/mol. The molecule has 3 heteroatoms. The quantitative estimate of drug-likeness (QED) is 0.351. The van der Waals surface area contributed by atoms with E-state index in [1.807, 2.05) is 0 Å². The van der Waals surface area contributed by atoms with Gasteiger partial charge >= 0.3 is 0 Å². The van der Waals surface area contributed by atoms with Gasteiger partial charge in [-0.15, -0.1) is 0 Å². The van der Waals surface area contributed by atoms with Crippen molar-refractivity contribution in [2.75, 3.05) is 6.61 Å². The van der Waals surface area contributed by atoms with Crippen LogP contribution in [-0.4, -0.2) is 25.6 Å². The van der Waals surface area contributed by atoms with Crippen molar-refractivity contribution in [3.8, 4) is 0 Å². The molecule has 0 spiro atoms. The van der Waals surface area contributed by atoms with Crippen LogP contribution in [0.5, 0.6) is 0 Å². The summed E-state index contributed by atoms with van der Waals surface area (Å²) in [7, 11) is 0.155. The Morgan fingerprint density at radius 1 is 0.679 bits per heavy atom. The minimum absolute atomic E-state index is 0.737. The van der Waals surface area contributed by atoms with Gasteiger partial charge in [-0.05, 0) is 12.0 Å². The summed E-state index contributed by atoms with van der Waals surface area (Å²) < 4.78 is 5.83. The van der Waals surface area contributed by atoms with Crippen LogP contribution < -0.4 is 10.4 Å². The lowest BCUT2D eigenvalue weighted by Crippen LogP contribution is -2.46. The van der Waals surface area contributed by atoms with Gasteiger partial charge in [0.1, 0.15) is 8.80 Å². The molecule has 0 radical (unpaired) electrons. The van der Waals surface area contributed by atoms with E-state index >= 15 is 0 Å². The molecule has 3 aromatic carbocycles.